The van der Waals surface area contributed by atoms with Gasteiger partial charge in [-0.25, -0.2) is 4.68 Å². The van der Waals surface area contributed by atoms with Crippen molar-refractivity contribution in [3.63, 3.8) is 0 Å². The number of hydrogen-bond donors (Lipinski definition) is 1. The van der Waals surface area contributed by atoms with Crippen molar-refractivity contribution >= 4 is 5.69 Å². The van der Waals surface area contributed by atoms with Gasteiger partial charge in [-0.15, -0.1) is 5.10 Å². The van der Waals surface area contributed by atoms with E-state index >= 15 is 0 Å². The number of anilines is 1. The van der Waals surface area contributed by atoms with Crippen LogP contribution in [0.4, 0.5) is 5.69 Å². The Kier molecular flexibility index (Phi) is 6.03. The van der Waals surface area contributed by atoms with Crippen molar-refractivity contribution in [2.24, 2.45) is 0 Å². The van der Waals surface area contributed by atoms with Gasteiger partial charge in [-0.2, -0.15) is 4.98 Å². The Labute approximate surface area is 181 Å². The van der Waals surface area contributed by atoms with Gasteiger partial charge in [0.1, 0.15) is 11.5 Å². The smallest absolute Gasteiger partial charge is 0.336 e. The van der Waals surface area contributed by atoms with Crippen LogP contribution in [-0.4, -0.2) is 35.6 Å². The standard InChI is InChI=1S/C24H24N4O3/c1-29-21-11-9-17(10-12-21)13-14-31-24-26-23(18-5-3-8-22(15-18)30-2)28(27-24)20-7-4-6-19(25)16-20/h3-12,15-16H,13-14,25H2,1-2H3. The number of benzene rings is 3. The molecule has 0 saturated heterocycles. The lowest BCUT2D eigenvalue weighted by Crippen LogP contribution is -2.03. The van der Waals surface area contributed by atoms with Gasteiger partial charge in [0.2, 0.25) is 0 Å². The van der Waals surface area contributed by atoms with Crippen LogP contribution in [0.2, 0.25) is 0 Å². The number of rotatable bonds is 8. The highest BCUT2D eigenvalue weighted by atomic mass is 16.5. The number of nitrogen functional groups attached to an aromatic ring is 1. The van der Waals surface area contributed by atoms with E-state index in [-0.39, 0.29) is 0 Å². The SMILES string of the molecule is COc1ccc(CCOc2nc(-c3cccc(OC)c3)n(-c3cccc(N)c3)n2)cc1. The fraction of sp³-hybridized carbons (Fsp3) is 0.167. The molecule has 0 unspecified atom stereocenters. The van der Waals surface area contributed by atoms with Crippen LogP contribution < -0.4 is 19.9 Å². The Bertz CT molecular complexity index is 1160. The Balaban J connectivity index is 1.59. The van der Waals surface area contributed by atoms with Gasteiger partial charge in [-0.3, -0.25) is 0 Å². The minimum Gasteiger partial charge on any atom is -0.497 e. The van der Waals surface area contributed by atoms with Crippen molar-refractivity contribution in [2.45, 2.75) is 6.42 Å². The molecule has 0 spiro atoms. The highest BCUT2D eigenvalue weighted by Gasteiger charge is 2.15. The number of nitrogens with two attached hydrogens (primary N) is 1. The number of methoxy groups -OCH3 is 2. The second kappa shape index (κ2) is 9.21. The molecule has 0 aliphatic heterocycles. The third-order valence-electron chi connectivity index (χ3n) is 4.81. The van der Waals surface area contributed by atoms with Crippen LogP contribution in [-0.2, 0) is 6.42 Å². The third kappa shape index (κ3) is 4.78. The lowest BCUT2D eigenvalue weighted by molar-refractivity contribution is 0.296. The first kappa shape index (κ1) is 20.3. The topological polar surface area (TPSA) is 84.4 Å². The summed E-state index contributed by atoms with van der Waals surface area (Å²) < 4.78 is 18.2. The van der Waals surface area contributed by atoms with Gasteiger partial charge in [0.25, 0.3) is 0 Å². The first-order chi connectivity index (χ1) is 15.2. The third-order valence-corrected chi connectivity index (χ3v) is 4.81. The number of hydrogen-bond acceptors (Lipinski definition) is 6. The number of nitrogens with zero attached hydrogens (tertiary/aromatic N) is 3. The zero-order valence-electron chi connectivity index (χ0n) is 17.5. The van der Waals surface area contributed by atoms with Crippen LogP contribution in [0, 0.1) is 0 Å². The zero-order valence-corrected chi connectivity index (χ0v) is 17.5. The molecule has 4 aromatic rings. The molecule has 1 aromatic heterocycles. The Morgan fingerprint density at radius 3 is 2.39 bits per heavy atom. The lowest BCUT2D eigenvalue weighted by Gasteiger charge is -2.07. The molecule has 0 saturated carbocycles. The summed E-state index contributed by atoms with van der Waals surface area (Å²) in [6.45, 7) is 0.449. The number of ether oxygens (including phenoxy) is 3. The summed E-state index contributed by atoms with van der Waals surface area (Å²) in [4.78, 5) is 4.63. The maximum Gasteiger partial charge on any atom is 0.336 e. The molecule has 4 rings (SSSR count). The van der Waals surface area contributed by atoms with Crippen molar-refractivity contribution in [1.29, 1.82) is 0 Å². The molecule has 0 amide bonds. The van der Waals surface area contributed by atoms with E-state index < -0.39 is 0 Å². The fourth-order valence-electron chi connectivity index (χ4n) is 3.19. The molecule has 0 fully saturated rings. The van der Waals surface area contributed by atoms with Crippen molar-refractivity contribution in [3.05, 3.63) is 78.4 Å². The molecule has 0 bridgehead atoms. The molecule has 0 radical (unpaired) electrons. The summed E-state index contributed by atoms with van der Waals surface area (Å²) in [5.74, 6) is 2.21. The second-order valence-electron chi connectivity index (χ2n) is 6.90. The largest absolute Gasteiger partial charge is 0.497 e. The van der Waals surface area contributed by atoms with E-state index in [2.05, 4.69) is 10.1 Å². The van der Waals surface area contributed by atoms with Gasteiger partial charge < -0.3 is 19.9 Å². The van der Waals surface area contributed by atoms with E-state index in [0.29, 0.717) is 24.1 Å². The summed E-state index contributed by atoms with van der Waals surface area (Å²) in [5.41, 5.74) is 9.43. The zero-order chi connectivity index (χ0) is 21.6. The quantitative estimate of drug-likeness (QED) is 0.434. The predicted molar refractivity (Wildman–Crippen MR) is 120 cm³/mol. The van der Waals surface area contributed by atoms with Crippen LogP contribution in [0.1, 0.15) is 5.56 Å². The first-order valence-corrected chi connectivity index (χ1v) is 9.89. The molecule has 0 aliphatic rings. The minimum atomic E-state index is 0.300. The van der Waals surface area contributed by atoms with E-state index in [1.54, 1.807) is 18.9 Å². The molecule has 158 valence electrons. The van der Waals surface area contributed by atoms with Gasteiger partial charge in [0, 0.05) is 17.7 Å². The van der Waals surface area contributed by atoms with E-state index in [9.17, 15) is 0 Å². The summed E-state index contributed by atoms with van der Waals surface area (Å²) in [7, 11) is 3.29. The second-order valence-corrected chi connectivity index (χ2v) is 6.90. The van der Waals surface area contributed by atoms with Crippen LogP contribution in [0.25, 0.3) is 17.1 Å². The average Bonchev–Trinajstić information content (AvgIpc) is 3.24. The molecule has 0 atom stereocenters. The number of aromatic nitrogens is 3. The maximum absolute atomic E-state index is 5.98. The lowest BCUT2D eigenvalue weighted by atomic mass is 10.1. The summed E-state index contributed by atoms with van der Waals surface area (Å²) in [6.07, 6.45) is 0.727. The minimum absolute atomic E-state index is 0.300. The van der Waals surface area contributed by atoms with Crippen molar-refractivity contribution in [3.8, 4) is 34.6 Å². The molecule has 2 N–H and O–H groups in total. The molecule has 3 aromatic carbocycles. The Hall–Kier alpha value is -4.00. The van der Waals surface area contributed by atoms with Crippen LogP contribution in [0.15, 0.2) is 72.8 Å². The highest BCUT2D eigenvalue weighted by Crippen LogP contribution is 2.27. The Morgan fingerprint density at radius 1 is 0.871 bits per heavy atom. The van der Waals surface area contributed by atoms with Gasteiger partial charge in [0.05, 0.1) is 26.5 Å². The fourth-order valence-corrected chi connectivity index (χ4v) is 3.19. The van der Waals surface area contributed by atoms with Gasteiger partial charge in [-0.05, 0) is 48.0 Å². The summed E-state index contributed by atoms with van der Waals surface area (Å²) in [5, 5.41) is 4.58. The normalized spacial score (nSPS) is 10.6. The maximum atomic E-state index is 5.98. The molecule has 1 heterocycles. The molecule has 7 heteroatoms. The van der Waals surface area contributed by atoms with Gasteiger partial charge in [-0.1, -0.05) is 30.3 Å². The first-order valence-electron chi connectivity index (χ1n) is 9.89. The van der Waals surface area contributed by atoms with E-state index in [1.807, 2.05) is 72.8 Å². The molecule has 7 nitrogen and oxygen atoms in total. The molecular weight excluding hydrogens is 392 g/mol. The van der Waals surface area contributed by atoms with Crippen molar-refractivity contribution in [1.82, 2.24) is 14.8 Å². The van der Waals surface area contributed by atoms with Crippen LogP contribution in [0.5, 0.6) is 17.5 Å². The van der Waals surface area contributed by atoms with Crippen molar-refractivity contribution < 1.29 is 14.2 Å². The van der Waals surface area contributed by atoms with E-state index in [4.69, 9.17) is 19.9 Å². The molecule has 0 aliphatic carbocycles. The molecular formula is C24H24N4O3. The average molecular weight is 416 g/mol. The van der Waals surface area contributed by atoms with Crippen molar-refractivity contribution in [2.75, 3.05) is 26.6 Å². The van der Waals surface area contributed by atoms with E-state index in [1.165, 1.54) is 0 Å². The highest BCUT2D eigenvalue weighted by molar-refractivity contribution is 5.61. The monoisotopic (exact) mass is 416 g/mol. The molecule has 31 heavy (non-hydrogen) atoms. The Morgan fingerprint density at radius 2 is 1.65 bits per heavy atom. The van der Waals surface area contributed by atoms with Gasteiger partial charge >= 0.3 is 6.01 Å². The summed E-state index contributed by atoms with van der Waals surface area (Å²) >= 11 is 0. The predicted octanol–water partition coefficient (Wildman–Crippen LogP) is 4.16. The van der Waals surface area contributed by atoms with Crippen LogP contribution in [0.3, 0.4) is 0 Å². The van der Waals surface area contributed by atoms with Crippen LogP contribution >= 0.6 is 0 Å². The van der Waals surface area contributed by atoms with Gasteiger partial charge in [0.15, 0.2) is 5.82 Å². The summed E-state index contributed by atoms with van der Waals surface area (Å²) in [6, 6.07) is 23.3. The van der Waals surface area contributed by atoms with E-state index in [0.717, 1.165) is 34.7 Å².